The van der Waals surface area contributed by atoms with Crippen LogP contribution in [-0.2, 0) is 6.54 Å². The molecule has 40 heavy (non-hydrogen) atoms. The van der Waals surface area contributed by atoms with Crippen LogP contribution in [0.1, 0.15) is 30.1 Å². The molecule has 1 N–H and O–H groups in total. The number of pyridine rings is 1. The van der Waals surface area contributed by atoms with Crippen molar-refractivity contribution in [2.75, 3.05) is 13.1 Å². The molecule has 1 saturated heterocycles. The average molecular weight is 522 g/mol. The second kappa shape index (κ2) is 10.5. The molecule has 0 atom stereocenters. The number of nitrogens with zero attached hydrogens (tertiary/aromatic N) is 7. The first-order chi connectivity index (χ1) is 19.7. The number of nitrogens with one attached hydrogen (secondary N) is 1. The first kappa shape index (κ1) is 24.4. The van der Waals surface area contributed by atoms with Gasteiger partial charge in [-0.25, -0.2) is 15.0 Å². The lowest BCUT2D eigenvalue weighted by atomic mass is 9.95. The summed E-state index contributed by atoms with van der Waals surface area (Å²) in [5.41, 5.74) is 7.75. The van der Waals surface area contributed by atoms with Crippen LogP contribution in [-0.4, -0.2) is 60.4 Å². The molecular formula is C31H27BN8. The van der Waals surface area contributed by atoms with Gasteiger partial charge < -0.3 is 0 Å². The Labute approximate surface area is 233 Å². The molecule has 2 aromatic carbocycles. The van der Waals surface area contributed by atoms with Gasteiger partial charge in [-0.1, -0.05) is 66.1 Å². The number of likely N-dealkylation sites (tertiary alicyclic amines) is 1. The summed E-state index contributed by atoms with van der Waals surface area (Å²) < 4.78 is 1.97. The number of benzene rings is 2. The van der Waals surface area contributed by atoms with Crippen LogP contribution in [0.25, 0.3) is 39.5 Å². The van der Waals surface area contributed by atoms with Crippen LogP contribution in [0.2, 0.25) is 0 Å². The molecule has 194 valence electrons. The number of imidazole rings is 1. The maximum atomic E-state index is 5.75. The molecule has 8 nitrogen and oxygen atoms in total. The van der Waals surface area contributed by atoms with Crippen LogP contribution in [0.4, 0.5) is 0 Å². The monoisotopic (exact) mass is 522 g/mol. The maximum absolute atomic E-state index is 5.75. The Bertz CT molecular complexity index is 1730. The van der Waals surface area contributed by atoms with Crippen LogP contribution in [0.5, 0.6) is 0 Å². The normalized spacial score (nSPS) is 14.6. The minimum absolute atomic E-state index is 0.369. The third-order valence-corrected chi connectivity index (χ3v) is 7.63. The van der Waals surface area contributed by atoms with Crippen LogP contribution < -0.4 is 5.46 Å². The zero-order valence-electron chi connectivity index (χ0n) is 22.0. The highest BCUT2D eigenvalue weighted by molar-refractivity contribution is 6.32. The van der Waals surface area contributed by atoms with Crippen LogP contribution >= 0.6 is 0 Å². The summed E-state index contributed by atoms with van der Waals surface area (Å²) in [4.78, 5) is 21.0. The van der Waals surface area contributed by atoms with Crippen LogP contribution in [0.3, 0.4) is 0 Å². The van der Waals surface area contributed by atoms with Gasteiger partial charge in [-0.2, -0.15) is 5.10 Å². The summed E-state index contributed by atoms with van der Waals surface area (Å²) in [6, 6.07) is 22.8. The SMILES string of the molecule is [B]c1ccc(-c2n[nH]c(C3CCN(Cc4ccc(-c5ncn6ccnc6c5-c5ccccc5)cc4)CC3)n2)nc1. The zero-order chi connectivity index (χ0) is 26.9. The quantitative estimate of drug-likeness (QED) is 0.326. The Hall–Kier alpha value is -4.63. The maximum Gasteiger partial charge on any atom is 0.199 e. The molecule has 7 rings (SSSR count). The van der Waals surface area contributed by atoms with Crippen molar-refractivity contribution >= 4 is 19.0 Å². The number of piperidine rings is 1. The minimum Gasteiger partial charge on any atom is -0.299 e. The number of rotatable bonds is 6. The predicted molar refractivity (Wildman–Crippen MR) is 156 cm³/mol. The van der Waals surface area contributed by atoms with Gasteiger partial charge in [0.1, 0.15) is 31.3 Å². The largest absolute Gasteiger partial charge is 0.299 e. The molecule has 4 aromatic heterocycles. The Morgan fingerprint density at radius 2 is 1.70 bits per heavy atom. The van der Waals surface area contributed by atoms with E-state index in [1.165, 1.54) is 5.56 Å². The minimum atomic E-state index is 0.369. The van der Waals surface area contributed by atoms with Crippen LogP contribution in [0, 0.1) is 0 Å². The Morgan fingerprint density at radius 3 is 2.48 bits per heavy atom. The van der Waals surface area contributed by atoms with E-state index < -0.39 is 0 Å². The number of aromatic amines is 1. The molecule has 5 heterocycles. The third-order valence-electron chi connectivity index (χ3n) is 7.63. The lowest BCUT2D eigenvalue weighted by Crippen LogP contribution is -2.32. The molecule has 0 unspecified atom stereocenters. The van der Waals surface area contributed by atoms with Gasteiger partial charge in [-0.3, -0.25) is 19.4 Å². The fraction of sp³-hybridized carbons (Fsp3) is 0.194. The van der Waals surface area contributed by atoms with Crippen molar-refractivity contribution in [1.82, 2.24) is 39.4 Å². The highest BCUT2D eigenvalue weighted by Gasteiger charge is 2.24. The van der Waals surface area contributed by atoms with Gasteiger partial charge in [0.25, 0.3) is 0 Å². The van der Waals surface area contributed by atoms with Crippen LogP contribution in [0.15, 0.2) is 91.6 Å². The van der Waals surface area contributed by atoms with Gasteiger partial charge in [-0.15, -0.1) is 0 Å². The molecule has 9 heteroatoms. The van der Waals surface area contributed by atoms with E-state index in [1.54, 1.807) is 6.20 Å². The lowest BCUT2D eigenvalue weighted by Gasteiger charge is -2.31. The number of aromatic nitrogens is 7. The standard InChI is InChI=1S/C31H27BN8/c32-25-10-11-26(34-18-25)30-36-29(37-38-30)24-12-15-39(16-13-24)19-21-6-8-23(9-7-21)28-27(22-4-2-1-3-5-22)31-33-14-17-40(31)20-35-28/h1-11,14,17-18,20,24H,12-13,15-16,19H2,(H,36,37,38). The van der Waals surface area contributed by atoms with E-state index in [1.807, 2.05) is 41.3 Å². The van der Waals surface area contributed by atoms with E-state index in [2.05, 4.69) is 73.6 Å². The Balaban J connectivity index is 1.03. The summed E-state index contributed by atoms with van der Waals surface area (Å²) in [5, 5.41) is 7.52. The summed E-state index contributed by atoms with van der Waals surface area (Å²) in [7, 11) is 5.75. The van der Waals surface area contributed by atoms with E-state index in [0.29, 0.717) is 17.2 Å². The fourth-order valence-electron chi connectivity index (χ4n) is 5.48. The van der Waals surface area contributed by atoms with E-state index in [4.69, 9.17) is 17.8 Å². The topological polar surface area (TPSA) is 87.9 Å². The average Bonchev–Trinajstić information content (AvgIpc) is 3.69. The molecule has 0 spiro atoms. The molecule has 0 bridgehead atoms. The molecule has 6 aromatic rings. The second-order valence-corrected chi connectivity index (χ2v) is 10.3. The molecule has 2 radical (unpaired) electrons. The van der Waals surface area contributed by atoms with Gasteiger partial charge in [-0.05, 0) is 43.1 Å². The van der Waals surface area contributed by atoms with Gasteiger partial charge in [0, 0.05) is 36.6 Å². The number of hydrogen-bond donors (Lipinski definition) is 1. The second-order valence-electron chi connectivity index (χ2n) is 10.3. The molecule has 0 aliphatic carbocycles. The molecule has 1 aliphatic rings. The first-order valence-electron chi connectivity index (χ1n) is 13.5. The predicted octanol–water partition coefficient (Wildman–Crippen LogP) is 4.42. The van der Waals surface area contributed by atoms with Gasteiger partial charge in [0.15, 0.2) is 5.82 Å². The highest BCUT2D eigenvalue weighted by atomic mass is 15.2. The van der Waals surface area contributed by atoms with Gasteiger partial charge in [0.2, 0.25) is 0 Å². The summed E-state index contributed by atoms with van der Waals surface area (Å²) in [6.45, 7) is 2.94. The Kier molecular flexibility index (Phi) is 6.41. The van der Waals surface area contributed by atoms with Crippen molar-refractivity contribution in [3.63, 3.8) is 0 Å². The van der Waals surface area contributed by atoms with Crippen molar-refractivity contribution < 1.29 is 0 Å². The van der Waals surface area contributed by atoms with Crippen molar-refractivity contribution in [1.29, 1.82) is 0 Å². The summed E-state index contributed by atoms with van der Waals surface area (Å²) in [6.07, 6.45) is 9.30. The van der Waals surface area contributed by atoms with Crippen molar-refractivity contribution in [3.05, 3.63) is 103 Å². The third kappa shape index (κ3) is 4.80. The van der Waals surface area contributed by atoms with E-state index in [9.17, 15) is 0 Å². The lowest BCUT2D eigenvalue weighted by molar-refractivity contribution is 0.202. The van der Waals surface area contributed by atoms with E-state index in [-0.39, 0.29) is 0 Å². The van der Waals surface area contributed by atoms with Gasteiger partial charge in [0.05, 0.1) is 11.3 Å². The fourth-order valence-corrected chi connectivity index (χ4v) is 5.48. The molecular weight excluding hydrogens is 495 g/mol. The van der Waals surface area contributed by atoms with Crippen molar-refractivity contribution in [3.8, 4) is 33.9 Å². The zero-order valence-corrected chi connectivity index (χ0v) is 22.0. The molecule has 0 amide bonds. The number of fused-ring (bicyclic) bond motifs is 1. The number of hydrogen-bond acceptors (Lipinski definition) is 6. The molecule has 0 saturated carbocycles. The van der Waals surface area contributed by atoms with E-state index in [0.717, 1.165) is 72.0 Å². The smallest absolute Gasteiger partial charge is 0.199 e. The van der Waals surface area contributed by atoms with Crippen molar-refractivity contribution in [2.45, 2.75) is 25.3 Å². The first-order valence-corrected chi connectivity index (χ1v) is 13.5. The number of H-pyrrole nitrogens is 1. The Morgan fingerprint density at radius 1 is 0.875 bits per heavy atom. The van der Waals surface area contributed by atoms with E-state index >= 15 is 0 Å². The summed E-state index contributed by atoms with van der Waals surface area (Å²) in [5.74, 6) is 1.93. The summed E-state index contributed by atoms with van der Waals surface area (Å²) >= 11 is 0. The van der Waals surface area contributed by atoms with Gasteiger partial charge >= 0.3 is 0 Å². The van der Waals surface area contributed by atoms with Crippen molar-refractivity contribution in [2.24, 2.45) is 0 Å². The molecule has 1 fully saturated rings. The molecule has 1 aliphatic heterocycles. The highest BCUT2D eigenvalue weighted by Crippen LogP contribution is 2.34.